The Morgan fingerprint density at radius 1 is 1.22 bits per heavy atom. The molecule has 124 valence electrons. The Balaban J connectivity index is 1.68. The van der Waals surface area contributed by atoms with Crippen molar-refractivity contribution < 1.29 is 8.42 Å². The zero-order chi connectivity index (χ0) is 16.3. The molecule has 1 atom stereocenters. The lowest BCUT2D eigenvalue weighted by molar-refractivity contribution is 0.428. The van der Waals surface area contributed by atoms with Gasteiger partial charge in [0.25, 0.3) is 0 Å². The van der Waals surface area contributed by atoms with Crippen LogP contribution < -0.4 is 0 Å². The molecule has 0 spiro atoms. The molecular formula is C17H21NO2S3. The van der Waals surface area contributed by atoms with Crippen molar-refractivity contribution in [1.29, 1.82) is 0 Å². The van der Waals surface area contributed by atoms with Crippen molar-refractivity contribution in [2.24, 2.45) is 0 Å². The van der Waals surface area contributed by atoms with Crippen LogP contribution in [0.2, 0.25) is 0 Å². The third-order valence-electron chi connectivity index (χ3n) is 3.99. The quantitative estimate of drug-likeness (QED) is 0.817. The molecule has 2 heterocycles. The van der Waals surface area contributed by atoms with E-state index in [0.717, 1.165) is 23.3 Å². The van der Waals surface area contributed by atoms with Crippen LogP contribution >= 0.6 is 23.1 Å². The van der Waals surface area contributed by atoms with Crippen molar-refractivity contribution in [3.8, 4) is 0 Å². The van der Waals surface area contributed by atoms with Gasteiger partial charge in [0.2, 0.25) is 10.0 Å². The van der Waals surface area contributed by atoms with Gasteiger partial charge in [-0.25, -0.2) is 12.7 Å². The van der Waals surface area contributed by atoms with Crippen LogP contribution in [-0.2, 0) is 15.8 Å². The fourth-order valence-electron chi connectivity index (χ4n) is 2.83. The average molecular weight is 368 g/mol. The summed E-state index contributed by atoms with van der Waals surface area (Å²) in [5, 5.41) is 2.52. The summed E-state index contributed by atoms with van der Waals surface area (Å²) >= 11 is 3.64. The van der Waals surface area contributed by atoms with Gasteiger partial charge in [-0.15, -0.1) is 11.3 Å². The number of sulfonamides is 1. The van der Waals surface area contributed by atoms with Gasteiger partial charge in [-0.1, -0.05) is 35.9 Å². The summed E-state index contributed by atoms with van der Waals surface area (Å²) in [6.45, 7) is 3.22. The number of hydrogen-bond acceptors (Lipinski definition) is 4. The van der Waals surface area contributed by atoms with Crippen molar-refractivity contribution in [2.45, 2.75) is 24.3 Å². The standard InChI is InChI=1S/C17H21NO2S3/c1-14-4-2-5-15(12-14)13-23(19,20)18-8-7-17(22-11-9-18)16-6-3-10-21-16/h2-6,10,12,17H,7-9,11,13H2,1H3/t17-/m0/s1. The van der Waals surface area contributed by atoms with Crippen LogP contribution in [0, 0.1) is 6.92 Å². The average Bonchev–Trinajstić information content (AvgIpc) is 2.90. The molecule has 3 nitrogen and oxygen atoms in total. The molecule has 1 aliphatic rings. The predicted octanol–water partition coefficient (Wildman–Crippen LogP) is 4.07. The molecule has 0 N–H and O–H groups in total. The van der Waals surface area contributed by atoms with E-state index in [0.29, 0.717) is 18.3 Å². The van der Waals surface area contributed by atoms with E-state index >= 15 is 0 Å². The van der Waals surface area contributed by atoms with Crippen molar-refractivity contribution in [1.82, 2.24) is 4.31 Å². The first-order chi connectivity index (χ1) is 11.0. The minimum absolute atomic E-state index is 0.100. The van der Waals surface area contributed by atoms with Crippen LogP contribution in [0.25, 0.3) is 0 Å². The van der Waals surface area contributed by atoms with Gasteiger partial charge in [-0.2, -0.15) is 11.8 Å². The Morgan fingerprint density at radius 3 is 2.83 bits per heavy atom. The summed E-state index contributed by atoms with van der Waals surface area (Å²) in [6.07, 6.45) is 0.887. The smallest absolute Gasteiger partial charge is 0.212 e. The molecule has 0 unspecified atom stereocenters. The molecule has 6 heteroatoms. The summed E-state index contributed by atoms with van der Waals surface area (Å²) in [6, 6.07) is 12.0. The highest BCUT2D eigenvalue weighted by molar-refractivity contribution is 7.99. The van der Waals surface area contributed by atoms with Gasteiger partial charge in [-0.3, -0.25) is 0 Å². The van der Waals surface area contributed by atoms with Crippen LogP contribution in [0.5, 0.6) is 0 Å². The van der Waals surface area contributed by atoms with E-state index in [2.05, 4.69) is 17.5 Å². The summed E-state index contributed by atoms with van der Waals surface area (Å²) in [7, 11) is -3.25. The monoisotopic (exact) mass is 367 g/mol. The fourth-order valence-corrected chi connectivity index (χ4v) is 6.72. The number of thioether (sulfide) groups is 1. The second-order valence-corrected chi connectivity index (χ2v) is 10.1. The largest absolute Gasteiger partial charge is 0.218 e. The van der Waals surface area contributed by atoms with Gasteiger partial charge in [0.05, 0.1) is 5.75 Å². The first-order valence-corrected chi connectivity index (χ1v) is 11.3. The zero-order valence-electron chi connectivity index (χ0n) is 13.1. The van der Waals surface area contributed by atoms with Crippen molar-refractivity contribution in [3.05, 3.63) is 57.8 Å². The summed E-state index contributed by atoms with van der Waals surface area (Å²) in [5.74, 6) is 0.957. The van der Waals surface area contributed by atoms with E-state index in [-0.39, 0.29) is 5.75 Å². The van der Waals surface area contributed by atoms with E-state index in [1.54, 1.807) is 15.6 Å². The SMILES string of the molecule is Cc1cccc(CS(=O)(=O)N2CCS[C@H](c3cccs3)CC2)c1. The minimum Gasteiger partial charge on any atom is -0.212 e. The number of aryl methyl sites for hydroxylation is 1. The molecule has 2 aromatic rings. The van der Waals surface area contributed by atoms with E-state index in [4.69, 9.17) is 0 Å². The Hall–Kier alpha value is -0.820. The maximum atomic E-state index is 12.7. The zero-order valence-corrected chi connectivity index (χ0v) is 15.6. The lowest BCUT2D eigenvalue weighted by Gasteiger charge is -2.20. The Bertz CT molecular complexity index is 741. The molecule has 1 saturated heterocycles. The third kappa shape index (κ3) is 4.38. The molecule has 23 heavy (non-hydrogen) atoms. The molecule has 0 aliphatic carbocycles. The Kier molecular flexibility index (Phi) is 5.46. The van der Waals surface area contributed by atoms with Gasteiger partial charge in [0, 0.05) is 29.0 Å². The van der Waals surface area contributed by atoms with Crippen LogP contribution in [0.4, 0.5) is 0 Å². The highest BCUT2D eigenvalue weighted by Gasteiger charge is 2.27. The van der Waals surface area contributed by atoms with Crippen LogP contribution in [-0.4, -0.2) is 31.6 Å². The first kappa shape index (κ1) is 17.0. The van der Waals surface area contributed by atoms with E-state index in [9.17, 15) is 8.42 Å². The molecule has 0 amide bonds. The highest BCUT2D eigenvalue weighted by atomic mass is 32.2. The van der Waals surface area contributed by atoms with E-state index < -0.39 is 10.0 Å². The lowest BCUT2D eigenvalue weighted by atomic mass is 10.2. The van der Waals surface area contributed by atoms with Crippen LogP contribution in [0.15, 0.2) is 41.8 Å². The van der Waals surface area contributed by atoms with Crippen molar-refractivity contribution in [2.75, 3.05) is 18.8 Å². The van der Waals surface area contributed by atoms with Gasteiger partial charge in [0.15, 0.2) is 0 Å². The summed E-state index contributed by atoms with van der Waals surface area (Å²) in [4.78, 5) is 1.35. The molecule has 0 radical (unpaired) electrons. The molecule has 0 bridgehead atoms. The van der Waals surface area contributed by atoms with E-state index in [1.165, 1.54) is 4.88 Å². The number of thiophene rings is 1. The molecule has 1 aromatic heterocycles. The number of nitrogens with zero attached hydrogens (tertiary/aromatic N) is 1. The predicted molar refractivity (Wildman–Crippen MR) is 99.5 cm³/mol. The lowest BCUT2D eigenvalue weighted by Crippen LogP contribution is -2.34. The van der Waals surface area contributed by atoms with Gasteiger partial charge < -0.3 is 0 Å². The van der Waals surface area contributed by atoms with Gasteiger partial charge in [-0.05, 0) is 30.4 Å². The highest BCUT2D eigenvalue weighted by Crippen LogP contribution is 2.37. The molecular weight excluding hydrogens is 346 g/mol. The molecule has 1 aromatic carbocycles. The van der Waals surface area contributed by atoms with Gasteiger partial charge >= 0.3 is 0 Å². The normalized spacial score (nSPS) is 20.3. The topological polar surface area (TPSA) is 37.4 Å². The molecule has 3 rings (SSSR count). The second kappa shape index (κ2) is 7.38. The number of rotatable bonds is 4. The second-order valence-electron chi connectivity index (χ2n) is 5.81. The maximum absolute atomic E-state index is 12.7. The van der Waals surface area contributed by atoms with E-state index in [1.807, 2.05) is 43.0 Å². The Labute approximate surface area is 146 Å². The molecule has 0 saturated carbocycles. The number of hydrogen-bond donors (Lipinski definition) is 0. The van der Waals surface area contributed by atoms with Crippen LogP contribution in [0.3, 0.4) is 0 Å². The third-order valence-corrected chi connectivity index (χ3v) is 8.28. The van der Waals surface area contributed by atoms with Crippen molar-refractivity contribution >= 4 is 33.1 Å². The first-order valence-electron chi connectivity index (χ1n) is 7.73. The summed E-state index contributed by atoms with van der Waals surface area (Å²) < 4.78 is 27.1. The molecule has 1 aliphatic heterocycles. The number of benzene rings is 1. The van der Waals surface area contributed by atoms with Crippen molar-refractivity contribution in [3.63, 3.8) is 0 Å². The molecule has 1 fully saturated rings. The van der Waals surface area contributed by atoms with Crippen LogP contribution in [0.1, 0.15) is 27.7 Å². The Morgan fingerprint density at radius 2 is 2.09 bits per heavy atom. The minimum atomic E-state index is -3.25. The maximum Gasteiger partial charge on any atom is 0.218 e. The summed E-state index contributed by atoms with van der Waals surface area (Å²) in [5.41, 5.74) is 1.97. The fraction of sp³-hybridized carbons (Fsp3) is 0.412. The van der Waals surface area contributed by atoms with Gasteiger partial charge in [0.1, 0.15) is 0 Å².